The fourth-order valence-electron chi connectivity index (χ4n) is 3.37. The van der Waals surface area contributed by atoms with Gasteiger partial charge in [-0.2, -0.15) is 0 Å². The summed E-state index contributed by atoms with van der Waals surface area (Å²) in [6, 6.07) is 5.56. The molecule has 3 nitrogen and oxygen atoms in total. The van der Waals surface area contributed by atoms with Crippen LogP contribution in [-0.2, 0) is 0 Å². The number of nitrogens with zero attached hydrogens (tertiary/aromatic N) is 1. The zero-order chi connectivity index (χ0) is 13.4. The van der Waals surface area contributed by atoms with E-state index in [0.717, 1.165) is 35.1 Å². The highest BCUT2D eigenvalue weighted by molar-refractivity contribution is 9.10. The summed E-state index contributed by atoms with van der Waals surface area (Å²) in [5.74, 6) is 2.31. The van der Waals surface area contributed by atoms with Crippen molar-refractivity contribution in [1.29, 1.82) is 0 Å². The van der Waals surface area contributed by atoms with E-state index in [1.54, 1.807) is 7.11 Å². The summed E-state index contributed by atoms with van der Waals surface area (Å²) in [5.41, 5.74) is 0.708. The minimum absolute atomic E-state index is 0.125. The molecule has 1 amide bonds. The molecule has 1 saturated heterocycles. The first kappa shape index (κ1) is 13.0. The number of hydrogen-bond donors (Lipinski definition) is 0. The van der Waals surface area contributed by atoms with Crippen molar-refractivity contribution in [3.05, 3.63) is 28.2 Å². The predicted molar refractivity (Wildman–Crippen MR) is 77.4 cm³/mol. The minimum atomic E-state index is 0.125. The van der Waals surface area contributed by atoms with Gasteiger partial charge in [0.15, 0.2) is 0 Å². The number of amides is 1. The molecule has 1 aromatic rings. The summed E-state index contributed by atoms with van der Waals surface area (Å²) in [6.45, 7) is 1.85. The molecule has 0 aromatic heterocycles. The van der Waals surface area contributed by atoms with Crippen LogP contribution in [0.2, 0.25) is 0 Å². The van der Waals surface area contributed by atoms with Gasteiger partial charge in [-0.15, -0.1) is 0 Å². The molecule has 2 fully saturated rings. The Balaban J connectivity index is 1.80. The van der Waals surface area contributed by atoms with Gasteiger partial charge in [-0.25, -0.2) is 0 Å². The largest absolute Gasteiger partial charge is 0.497 e. The lowest BCUT2D eigenvalue weighted by molar-refractivity contribution is 0.0779. The number of rotatable bonds is 2. The van der Waals surface area contributed by atoms with Gasteiger partial charge in [0.25, 0.3) is 5.91 Å². The lowest BCUT2D eigenvalue weighted by Gasteiger charge is -2.18. The number of halogens is 1. The van der Waals surface area contributed by atoms with Crippen LogP contribution in [0.1, 0.15) is 29.6 Å². The Morgan fingerprint density at radius 3 is 2.63 bits per heavy atom. The summed E-state index contributed by atoms with van der Waals surface area (Å²) in [5, 5.41) is 0. The summed E-state index contributed by atoms with van der Waals surface area (Å²) in [4.78, 5) is 14.6. The third kappa shape index (κ3) is 2.38. The number of hydrogen-bond acceptors (Lipinski definition) is 2. The molecule has 2 atom stereocenters. The number of methoxy groups -OCH3 is 1. The molecule has 0 spiro atoms. The van der Waals surface area contributed by atoms with E-state index in [9.17, 15) is 4.79 Å². The molecule has 1 heterocycles. The van der Waals surface area contributed by atoms with E-state index < -0.39 is 0 Å². The van der Waals surface area contributed by atoms with Crippen LogP contribution in [0, 0.1) is 11.8 Å². The predicted octanol–water partition coefficient (Wildman–Crippen LogP) is 3.33. The Morgan fingerprint density at radius 1 is 1.32 bits per heavy atom. The molecule has 1 aliphatic heterocycles. The van der Waals surface area contributed by atoms with Crippen LogP contribution in [0.25, 0.3) is 0 Å². The second-order valence-electron chi connectivity index (χ2n) is 5.51. The van der Waals surface area contributed by atoms with Crippen molar-refractivity contribution in [2.24, 2.45) is 11.8 Å². The first-order valence-electron chi connectivity index (χ1n) is 6.82. The molecule has 2 aliphatic rings. The Labute approximate surface area is 122 Å². The van der Waals surface area contributed by atoms with E-state index in [1.807, 2.05) is 23.1 Å². The van der Waals surface area contributed by atoms with E-state index in [4.69, 9.17) is 4.74 Å². The van der Waals surface area contributed by atoms with Gasteiger partial charge in [0.1, 0.15) is 5.75 Å². The molecular formula is C15H18BrNO2. The molecule has 0 bridgehead atoms. The highest BCUT2D eigenvalue weighted by Crippen LogP contribution is 2.38. The fraction of sp³-hybridized carbons (Fsp3) is 0.533. The molecule has 1 saturated carbocycles. The monoisotopic (exact) mass is 323 g/mol. The van der Waals surface area contributed by atoms with Crippen molar-refractivity contribution in [1.82, 2.24) is 4.90 Å². The van der Waals surface area contributed by atoms with Gasteiger partial charge >= 0.3 is 0 Å². The Morgan fingerprint density at radius 2 is 2.00 bits per heavy atom. The SMILES string of the molecule is COc1ccc(Br)c(C(=O)N2CC3CCCC3C2)c1. The molecule has 2 unspecified atom stereocenters. The average molecular weight is 324 g/mol. The van der Waals surface area contributed by atoms with Crippen LogP contribution in [0.3, 0.4) is 0 Å². The lowest BCUT2D eigenvalue weighted by Crippen LogP contribution is -2.29. The maximum absolute atomic E-state index is 12.6. The maximum atomic E-state index is 12.6. The number of fused-ring (bicyclic) bond motifs is 1. The molecule has 4 heteroatoms. The lowest BCUT2D eigenvalue weighted by atomic mass is 10.0. The Kier molecular flexibility index (Phi) is 3.52. The molecule has 102 valence electrons. The molecule has 3 rings (SSSR count). The highest BCUT2D eigenvalue weighted by atomic mass is 79.9. The number of ether oxygens (including phenoxy) is 1. The van der Waals surface area contributed by atoms with Gasteiger partial charge in [0.2, 0.25) is 0 Å². The van der Waals surface area contributed by atoms with Crippen LogP contribution >= 0.6 is 15.9 Å². The van der Waals surface area contributed by atoms with E-state index in [2.05, 4.69) is 15.9 Å². The summed E-state index contributed by atoms with van der Waals surface area (Å²) >= 11 is 3.47. The fourth-order valence-corrected chi connectivity index (χ4v) is 3.78. The van der Waals surface area contributed by atoms with Crippen LogP contribution < -0.4 is 4.74 Å². The van der Waals surface area contributed by atoms with Gasteiger partial charge in [0.05, 0.1) is 12.7 Å². The van der Waals surface area contributed by atoms with E-state index in [0.29, 0.717) is 5.56 Å². The van der Waals surface area contributed by atoms with Gasteiger partial charge in [0, 0.05) is 17.6 Å². The van der Waals surface area contributed by atoms with Gasteiger partial charge in [-0.05, 0) is 58.8 Å². The van der Waals surface area contributed by atoms with Gasteiger partial charge < -0.3 is 9.64 Å². The minimum Gasteiger partial charge on any atom is -0.497 e. The number of likely N-dealkylation sites (tertiary alicyclic amines) is 1. The van der Waals surface area contributed by atoms with E-state index in [1.165, 1.54) is 19.3 Å². The van der Waals surface area contributed by atoms with Gasteiger partial charge in [-0.3, -0.25) is 4.79 Å². The molecular weight excluding hydrogens is 306 g/mol. The molecule has 0 radical (unpaired) electrons. The first-order valence-corrected chi connectivity index (χ1v) is 7.61. The van der Waals surface area contributed by atoms with Crippen molar-refractivity contribution in [3.63, 3.8) is 0 Å². The van der Waals surface area contributed by atoms with E-state index >= 15 is 0 Å². The van der Waals surface area contributed by atoms with Crippen LogP contribution in [0.15, 0.2) is 22.7 Å². The molecule has 1 aliphatic carbocycles. The van der Waals surface area contributed by atoms with Crippen molar-refractivity contribution in [2.75, 3.05) is 20.2 Å². The smallest absolute Gasteiger partial charge is 0.255 e. The van der Waals surface area contributed by atoms with E-state index in [-0.39, 0.29) is 5.91 Å². The van der Waals surface area contributed by atoms with Crippen molar-refractivity contribution < 1.29 is 9.53 Å². The maximum Gasteiger partial charge on any atom is 0.255 e. The van der Waals surface area contributed by atoms with Crippen molar-refractivity contribution >= 4 is 21.8 Å². The summed E-state index contributed by atoms with van der Waals surface area (Å²) in [6.07, 6.45) is 3.90. The third-order valence-corrected chi connectivity index (χ3v) is 5.11. The number of carbonyl (C=O) groups excluding carboxylic acids is 1. The highest BCUT2D eigenvalue weighted by Gasteiger charge is 2.38. The van der Waals surface area contributed by atoms with Gasteiger partial charge in [-0.1, -0.05) is 6.42 Å². The molecule has 0 N–H and O–H groups in total. The zero-order valence-corrected chi connectivity index (χ0v) is 12.6. The van der Waals surface area contributed by atoms with Crippen molar-refractivity contribution in [3.8, 4) is 5.75 Å². The van der Waals surface area contributed by atoms with Crippen LogP contribution in [0.5, 0.6) is 5.75 Å². The third-order valence-electron chi connectivity index (χ3n) is 4.42. The first-order chi connectivity index (χ1) is 9.19. The summed E-state index contributed by atoms with van der Waals surface area (Å²) in [7, 11) is 1.62. The Bertz CT molecular complexity index is 491. The zero-order valence-electron chi connectivity index (χ0n) is 11.1. The number of benzene rings is 1. The standard InChI is InChI=1S/C15H18BrNO2/c1-19-12-5-6-14(16)13(7-12)15(18)17-8-10-3-2-4-11(10)9-17/h5-7,10-11H,2-4,8-9H2,1H3. The van der Waals surface area contributed by atoms with Crippen molar-refractivity contribution in [2.45, 2.75) is 19.3 Å². The normalized spacial score (nSPS) is 25.5. The van der Waals surface area contributed by atoms with Crippen LogP contribution in [0.4, 0.5) is 0 Å². The number of carbonyl (C=O) groups is 1. The second kappa shape index (κ2) is 5.16. The second-order valence-corrected chi connectivity index (χ2v) is 6.36. The molecule has 19 heavy (non-hydrogen) atoms. The van der Waals surface area contributed by atoms with Crippen LogP contribution in [-0.4, -0.2) is 31.0 Å². The Hall–Kier alpha value is -1.03. The quantitative estimate of drug-likeness (QED) is 0.835. The molecule has 1 aromatic carbocycles. The summed E-state index contributed by atoms with van der Waals surface area (Å²) < 4.78 is 6.05. The topological polar surface area (TPSA) is 29.5 Å². The average Bonchev–Trinajstić information content (AvgIpc) is 2.99.